The van der Waals surface area contributed by atoms with Crippen molar-refractivity contribution in [3.63, 3.8) is 0 Å². The number of nitrogens with two attached hydrogens (primary N) is 1. The van der Waals surface area contributed by atoms with Gasteiger partial charge in [-0.05, 0) is 36.7 Å². The predicted molar refractivity (Wildman–Crippen MR) is 73.6 cm³/mol. The summed E-state index contributed by atoms with van der Waals surface area (Å²) in [6.45, 7) is 1.88. The highest BCUT2D eigenvalue weighted by atomic mass is 32.1. The minimum Gasteiger partial charge on any atom is -0.365 e. The number of nitrogens with zero attached hydrogens (tertiary/aromatic N) is 1. The first-order valence-corrected chi connectivity index (χ1v) is 6.66. The van der Waals surface area contributed by atoms with Gasteiger partial charge in [0.1, 0.15) is 4.83 Å². The Kier molecular flexibility index (Phi) is 2.85. The van der Waals surface area contributed by atoms with Crippen LogP contribution in [0.25, 0.3) is 15.8 Å². The number of aromatic nitrogens is 1. The van der Waals surface area contributed by atoms with Crippen molar-refractivity contribution in [2.24, 2.45) is 5.73 Å². The molecule has 0 bridgehead atoms. The molecular formula is C13H13N3OS. The molecule has 4 nitrogen and oxygen atoms in total. The Labute approximate surface area is 109 Å². The van der Waals surface area contributed by atoms with E-state index in [-0.39, 0.29) is 0 Å². The molecular weight excluding hydrogens is 246 g/mol. The smallest absolute Gasteiger partial charge is 0.258 e. The third-order valence-corrected chi connectivity index (χ3v) is 4.04. The van der Waals surface area contributed by atoms with E-state index in [0.29, 0.717) is 4.88 Å². The zero-order valence-electron chi connectivity index (χ0n) is 9.77. The van der Waals surface area contributed by atoms with Crippen LogP contribution >= 0.6 is 11.3 Å². The molecule has 2 aromatic heterocycles. The van der Waals surface area contributed by atoms with Crippen LogP contribution in [0.3, 0.4) is 0 Å². The van der Waals surface area contributed by atoms with Gasteiger partial charge in [0.05, 0.1) is 10.6 Å². The number of amides is 1. The van der Waals surface area contributed by atoms with Crippen LogP contribution in [-0.4, -0.2) is 24.0 Å². The summed E-state index contributed by atoms with van der Waals surface area (Å²) >= 11 is 1.35. The molecule has 0 atom stereocenters. The average Bonchev–Trinajstić information content (AvgIpc) is 2.82. The summed E-state index contributed by atoms with van der Waals surface area (Å²) in [6, 6.07) is 5.79. The lowest BCUT2D eigenvalue weighted by molar-refractivity contribution is 0.100. The molecule has 1 aliphatic rings. The molecule has 3 N–H and O–H groups in total. The summed E-state index contributed by atoms with van der Waals surface area (Å²) in [7, 11) is 0. The van der Waals surface area contributed by atoms with Gasteiger partial charge in [0.15, 0.2) is 0 Å². The maximum atomic E-state index is 11.1. The van der Waals surface area contributed by atoms with E-state index in [4.69, 9.17) is 5.73 Å². The third-order valence-electron chi connectivity index (χ3n) is 2.98. The van der Waals surface area contributed by atoms with E-state index in [2.05, 4.69) is 16.4 Å². The summed E-state index contributed by atoms with van der Waals surface area (Å²) in [5.74, 6) is -0.391. The van der Waals surface area contributed by atoms with Gasteiger partial charge in [-0.15, -0.1) is 11.3 Å². The zero-order chi connectivity index (χ0) is 12.5. The Balaban J connectivity index is 2.05. The van der Waals surface area contributed by atoms with Crippen molar-refractivity contribution in [1.82, 2.24) is 10.3 Å². The first-order chi connectivity index (χ1) is 8.74. The predicted octanol–water partition coefficient (Wildman–Crippen LogP) is 1.77. The van der Waals surface area contributed by atoms with E-state index in [1.807, 2.05) is 12.1 Å². The van der Waals surface area contributed by atoms with Crippen LogP contribution in [0, 0.1) is 0 Å². The highest BCUT2D eigenvalue weighted by Gasteiger charge is 2.11. The molecule has 1 aliphatic heterocycles. The Morgan fingerprint density at radius 1 is 1.44 bits per heavy atom. The molecule has 3 heterocycles. The molecule has 0 spiro atoms. The summed E-state index contributed by atoms with van der Waals surface area (Å²) in [4.78, 5) is 17.2. The van der Waals surface area contributed by atoms with Gasteiger partial charge >= 0.3 is 0 Å². The van der Waals surface area contributed by atoms with Crippen LogP contribution in [-0.2, 0) is 0 Å². The molecule has 92 valence electrons. The van der Waals surface area contributed by atoms with Gasteiger partial charge in [-0.2, -0.15) is 0 Å². The van der Waals surface area contributed by atoms with Gasteiger partial charge in [-0.1, -0.05) is 6.08 Å². The number of hydrogen-bond acceptors (Lipinski definition) is 4. The van der Waals surface area contributed by atoms with E-state index < -0.39 is 5.91 Å². The number of rotatable bonds is 2. The van der Waals surface area contributed by atoms with Crippen LogP contribution in [0.15, 0.2) is 24.3 Å². The Hall–Kier alpha value is -1.72. The number of pyridine rings is 1. The lowest BCUT2D eigenvalue weighted by atomic mass is 10.1. The molecule has 0 fully saturated rings. The van der Waals surface area contributed by atoms with Gasteiger partial charge in [-0.3, -0.25) is 4.79 Å². The Morgan fingerprint density at radius 2 is 2.33 bits per heavy atom. The number of carbonyl (C=O) groups is 1. The molecule has 0 radical (unpaired) electrons. The quantitative estimate of drug-likeness (QED) is 0.863. The maximum absolute atomic E-state index is 11.1. The second kappa shape index (κ2) is 4.51. The van der Waals surface area contributed by atoms with Crippen LogP contribution in [0.5, 0.6) is 0 Å². The minimum absolute atomic E-state index is 0.391. The van der Waals surface area contributed by atoms with E-state index in [0.717, 1.165) is 35.4 Å². The number of fused-ring (bicyclic) bond motifs is 1. The summed E-state index contributed by atoms with van der Waals surface area (Å²) in [6.07, 6.45) is 3.25. The summed E-state index contributed by atoms with van der Waals surface area (Å²) < 4.78 is 0. The first-order valence-electron chi connectivity index (χ1n) is 5.84. The Morgan fingerprint density at radius 3 is 3.06 bits per heavy atom. The fourth-order valence-corrected chi connectivity index (χ4v) is 2.94. The van der Waals surface area contributed by atoms with Crippen LogP contribution in [0.4, 0.5) is 0 Å². The lowest BCUT2D eigenvalue weighted by Crippen LogP contribution is -2.21. The van der Waals surface area contributed by atoms with Crippen LogP contribution < -0.4 is 11.1 Å². The largest absolute Gasteiger partial charge is 0.365 e. The monoisotopic (exact) mass is 259 g/mol. The Bertz CT molecular complexity index is 645. The maximum Gasteiger partial charge on any atom is 0.258 e. The van der Waals surface area contributed by atoms with Crippen molar-refractivity contribution in [1.29, 1.82) is 0 Å². The highest BCUT2D eigenvalue weighted by molar-refractivity contribution is 7.20. The van der Waals surface area contributed by atoms with E-state index in [1.165, 1.54) is 16.9 Å². The normalized spacial score (nSPS) is 15.7. The van der Waals surface area contributed by atoms with Gasteiger partial charge < -0.3 is 11.1 Å². The van der Waals surface area contributed by atoms with E-state index in [1.54, 1.807) is 6.07 Å². The molecule has 1 amide bonds. The number of carbonyl (C=O) groups excluding carboxylic acids is 1. The third kappa shape index (κ3) is 2.02. The van der Waals surface area contributed by atoms with Gasteiger partial charge in [0.25, 0.3) is 5.91 Å². The van der Waals surface area contributed by atoms with Crippen molar-refractivity contribution in [3.8, 4) is 0 Å². The fourth-order valence-electron chi connectivity index (χ4n) is 2.06. The fraction of sp³-hybridized carbons (Fsp3) is 0.231. The van der Waals surface area contributed by atoms with Crippen molar-refractivity contribution in [2.45, 2.75) is 6.42 Å². The summed E-state index contributed by atoms with van der Waals surface area (Å²) in [5, 5.41) is 4.30. The molecule has 0 aromatic carbocycles. The van der Waals surface area contributed by atoms with Crippen molar-refractivity contribution in [3.05, 3.63) is 34.8 Å². The molecule has 0 saturated heterocycles. The highest BCUT2D eigenvalue weighted by Crippen LogP contribution is 2.26. The van der Waals surface area contributed by atoms with Crippen LogP contribution in [0.1, 0.15) is 21.8 Å². The first kappa shape index (κ1) is 11.4. The zero-order valence-corrected chi connectivity index (χ0v) is 10.6. The van der Waals surface area contributed by atoms with Gasteiger partial charge in [0.2, 0.25) is 0 Å². The number of thiophene rings is 1. The molecule has 5 heteroatoms. The van der Waals surface area contributed by atoms with Crippen molar-refractivity contribution >= 4 is 33.0 Å². The number of nitrogens with one attached hydrogen (secondary N) is 1. The second-order valence-corrected chi connectivity index (χ2v) is 5.29. The second-order valence-electron chi connectivity index (χ2n) is 4.26. The van der Waals surface area contributed by atoms with Gasteiger partial charge in [0, 0.05) is 11.9 Å². The van der Waals surface area contributed by atoms with Gasteiger partial charge in [-0.25, -0.2) is 4.98 Å². The minimum atomic E-state index is -0.391. The van der Waals surface area contributed by atoms with E-state index in [9.17, 15) is 4.79 Å². The lowest BCUT2D eigenvalue weighted by Gasteiger charge is -2.13. The molecule has 2 aromatic rings. The molecule has 3 rings (SSSR count). The van der Waals surface area contributed by atoms with E-state index >= 15 is 0 Å². The molecule has 0 saturated carbocycles. The molecule has 18 heavy (non-hydrogen) atoms. The van der Waals surface area contributed by atoms with Crippen LogP contribution in [0.2, 0.25) is 0 Å². The van der Waals surface area contributed by atoms with Crippen molar-refractivity contribution < 1.29 is 4.79 Å². The summed E-state index contributed by atoms with van der Waals surface area (Å²) in [5.41, 5.74) is 7.48. The standard InChI is InChI=1S/C13H13N3OS/c14-12(17)11-6-8-3-4-10(16-13(8)18-11)9-2-1-5-15-7-9/h2-4,6,15H,1,5,7H2,(H2,14,17). The van der Waals surface area contributed by atoms with Crippen molar-refractivity contribution in [2.75, 3.05) is 13.1 Å². The topological polar surface area (TPSA) is 68.0 Å². The number of hydrogen-bond donors (Lipinski definition) is 2. The average molecular weight is 259 g/mol. The number of primary amides is 1. The molecule has 0 aliphatic carbocycles. The molecule has 0 unspecified atom stereocenters. The SMILES string of the molecule is NC(=O)c1cc2ccc(C3=CCCNC3)nc2s1.